The van der Waals surface area contributed by atoms with Gasteiger partial charge in [-0.2, -0.15) is 0 Å². The number of fused-ring (bicyclic) bond motifs is 2. The number of nitrogens with zero attached hydrogens (tertiary/aromatic N) is 1. The highest BCUT2D eigenvalue weighted by atomic mass is 32.3. The summed E-state index contributed by atoms with van der Waals surface area (Å²) in [5, 5.41) is 0. The van der Waals surface area contributed by atoms with Crippen LogP contribution in [-0.2, 0) is 25.7 Å². The van der Waals surface area contributed by atoms with E-state index in [0.29, 0.717) is 6.79 Å². The van der Waals surface area contributed by atoms with E-state index in [1.807, 2.05) is 19.2 Å². The minimum Gasteiger partial charge on any atom is -0.726 e. The molecule has 0 N–H and O–H groups in total. The van der Waals surface area contributed by atoms with E-state index in [2.05, 4.69) is 15.0 Å². The maximum Gasteiger partial charge on any atom is 0.260 e. The van der Waals surface area contributed by atoms with E-state index in [4.69, 9.17) is 14.2 Å². The van der Waals surface area contributed by atoms with Gasteiger partial charge in [0.05, 0.1) is 13.5 Å². The highest BCUT2D eigenvalue weighted by Gasteiger charge is 2.27. The third kappa shape index (κ3) is 3.95. The van der Waals surface area contributed by atoms with Gasteiger partial charge in [0.15, 0.2) is 17.7 Å². The highest BCUT2D eigenvalue weighted by molar-refractivity contribution is 7.80. The Morgan fingerprint density at radius 3 is 2.41 bits per heavy atom. The monoisotopic (exact) mass is 331 g/mol. The van der Waals surface area contributed by atoms with Crippen LogP contribution in [0.4, 0.5) is 0 Å². The molecule has 0 bridgehead atoms. The number of ether oxygens (including phenoxy) is 3. The lowest BCUT2D eigenvalue weighted by Gasteiger charge is -2.18. The largest absolute Gasteiger partial charge is 0.726 e. The molecule has 1 aromatic rings. The van der Waals surface area contributed by atoms with Crippen LogP contribution in [-0.4, -0.2) is 58.0 Å². The summed E-state index contributed by atoms with van der Waals surface area (Å²) in [7, 11) is 0.141. The summed E-state index contributed by atoms with van der Waals surface area (Å²) in [6.07, 6.45) is 3.05. The minimum absolute atomic E-state index is 0.105. The van der Waals surface area contributed by atoms with E-state index in [1.165, 1.54) is 11.1 Å². The Bertz CT molecular complexity index is 684. The lowest BCUT2D eigenvalue weighted by molar-refractivity contribution is -0.584. The summed E-state index contributed by atoms with van der Waals surface area (Å²) in [4.78, 5) is 0. The van der Waals surface area contributed by atoms with E-state index < -0.39 is 10.4 Å². The van der Waals surface area contributed by atoms with E-state index in [0.717, 1.165) is 25.0 Å². The SMILES string of the molecule is COC1Cc2cc3c(cc2C=[N+]1C)OCO3.COS(=O)(=O)[O-]. The second-order valence-electron chi connectivity index (χ2n) is 4.67. The van der Waals surface area contributed by atoms with Crippen LogP contribution in [0.2, 0.25) is 0 Å². The first kappa shape index (κ1) is 16.7. The van der Waals surface area contributed by atoms with Gasteiger partial charge in [0.1, 0.15) is 7.05 Å². The number of methoxy groups -OCH3 is 1. The molecular formula is C13H17NO7S. The van der Waals surface area contributed by atoms with Gasteiger partial charge in [0.25, 0.3) is 6.23 Å². The molecule has 0 saturated heterocycles. The van der Waals surface area contributed by atoms with Gasteiger partial charge < -0.3 is 18.8 Å². The van der Waals surface area contributed by atoms with Crippen LogP contribution in [0.25, 0.3) is 0 Å². The molecule has 1 unspecified atom stereocenters. The first-order chi connectivity index (χ1) is 10.3. The molecule has 0 aromatic heterocycles. The third-order valence-corrected chi connectivity index (χ3v) is 3.71. The molecule has 2 aliphatic rings. The average Bonchev–Trinajstić information content (AvgIpc) is 2.91. The van der Waals surface area contributed by atoms with Crippen LogP contribution in [0.3, 0.4) is 0 Å². The Kier molecular flexibility index (Phi) is 5.01. The molecule has 9 heteroatoms. The Balaban J connectivity index is 0.000000254. The number of likely N-dealkylation sites (N-methyl/N-ethyl adjacent to an activating group) is 1. The molecule has 0 spiro atoms. The number of benzene rings is 1. The maximum absolute atomic E-state index is 9.22. The summed E-state index contributed by atoms with van der Waals surface area (Å²) >= 11 is 0. The number of rotatable bonds is 2. The second-order valence-corrected chi connectivity index (χ2v) is 5.82. The van der Waals surface area contributed by atoms with Crippen LogP contribution in [0.5, 0.6) is 11.5 Å². The third-order valence-electron chi connectivity index (χ3n) is 3.30. The van der Waals surface area contributed by atoms with Gasteiger partial charge in [-0.25, -0.2) is 13.0 Å². The molecule has 0 amide bonds. The van der Waals surface area contributed by atoms with Gasteiger partial charge in [0, 0.05) is 12.7 Å². The predicted octanol–water partition coefficient (Wildman–Crippen LogP) is 0.0981. The fourth-order valence-corrected chi connectivity index (χ4v) is 2.18. The molecule has 1 atom stereocenters. The Labute approximate surface area is 128 Å². The summed E-state index contributed by atoms with van der Waals surface area (Å²) < 4.78 is 49.2. The van der Waals surface area contributed by atoms with Crippen molar-refractivity contribution < 1.29 is 35.9 Å². The lowest BCUT2D eigenvalue weighted by Crippen LogP contribution is -2.32. The highest BCUT2D eigenvalue weighted by Crippen LogP contribution is 2.35. The van der Waals surface area contributed by atoms with E-state index >= 15 is 0 Å². The molecule has 8 nitrogen and oxygen atoms in total. The second kappa shape index (κ2) is 6.61. The molecule has 22 heavy (non-hydrogen) atoms. The van der Waals surface area contributed by atoms with Crippen molar-refractivity contribution in [2.45, 2.75) is 12.6 Å². The number of hydrogen-bond donors (Lipinski definition) is 0. The molecule has 0 aliphatic carbocycles. The van der Waals surface area contributed by atoms with Crippen molar-refractivity contribution in [3.63, 3.8) is 0 Å². The summed E-state index contributed by atoms with van der Waals surface area (Å²) in [6, 6.07) is 4.08. The topological polar surface area (TPSA) is 97.1 Å². The Morgan fingerprint density at radius 2 is 1.86 bits per heavy atom. The molecule has 0 saturated carbocycles. The van der Waals surface area contributed by atoms with Crippen LogP contribution >= 0.6 is 0 Å². The molecule has 2 aliphatic heterocycles. The fraction of sp³-hybridized carbons (Fsp3) is 0.462. The minimum atomic E-state index is -4.41. The zero-order valence-electron chi connectivity index (χ0n) is 12.4. The van der Waals surface area contributed by atoms with Crippen molar-refractivity contribution in [3.8, 4) is 11.5 Å². The van der Waals surface area contributed by atoms with Crippen molar-refractivity contribution in [1.29, 1.82) is 0 Å². The normalized spacial score (nSPS) is 18.9. The molecular weight excluding hydrogens is 314 g/mol. The van der Waals surface area contributed by atoms with Crippen LogP contribution < -0.4 is 9.47 Å². The van der Waals surface area contributed by atoms with Crippen LogP contribution in [0.1, 0.15) is 11.1 Å². The summed E-state index contributed by atoms with van der Waals surface area (Å²) in [6.45, 7) is 0.321. The Morgan fingerprint density at radius 1 is 1.27 bits per heavy atom. The first-order valence-corrected chi connectivity index (χ1v) is 7.71. The molecule has 122 valence electrons. The van der Waals surface area contributed by atoms with Crippen molar-refractivity contribution in [2.24, 2.45) is 0 Å². The zero-order chi connectivity index (χ0) is 16.3. The smallest absolute Gasteiger partial charge is 0.260 e. The Hall–Kier alpha value is -1.68. The number of hydrogen-bond acceptors (Lipinski definition) is 7. The lowest BCUT2D eigenvalue weighted by atomic mass is 10.0. The van der Waals surface area contributed by atoms with Gasteiger partial charge in [-0.15, -0.1) is 0 Å². The van der Waals surface area contributed by atoms with Crippen LogP contribution in [0.15, 0.2) is 12.1 Å². The summed E-state index contributed by atoms with van der Waals surface area (Å²) in [5.74, 6) is 1.67. The van der Waals surface area contributed by atoms with Gasteiger partial charge >= 0.3 is 0 Å². The molecule has 0 radical (unpaired) electrons. The van der Waals surface area contributed by atoms with Crippen molar-refractivity contribution in [3.05, 3.63) is 23.3 Å². The standard InChI is InChI=1S/C12H14NO3.CH4O4S/c1-13-6-9-4-11-10(15-7-16-11)3-8(9)5-12(13)14-2;1-5-6(2,3)4/h3-4,6,12H,5,7H2,1-2H3;1H3,(H,2,3,4)/q+1;/p-1. The van der Waals surface area contributed by atoms with Gasteiger partial charge in [-0.05, 0) is 17.7 Å². The van der Waals surface area contributed by atoms with Crippen molar-refractivity contribution in [1.82, 2.24) is 0 Å². The summed E-state index contributed by atoms with van der Waals surface area (Å²) in [5.41, 5.74) is 2.43. The van der Waals surface area contributed by atoms with Crippen molar-refractivity contribution >= 4 is 16.6 Å². The molecule has 3 rings (SSSR count). The fourth-order valence-electron chi connectivity index (χ4n) is 2.18. The first-order valence-electron chi connectivity index (χ1n) is 6.37. The molecule has 2 heterocycles. The predicted molar refractivity (Wildman–Crippen MR) is 75.1 cm³/mol. The van der Waals surface area contributed by atoms with Gasteiger partial charge in [-0.1, -0.05) is 0 Å². The molecule has 1 aromatic carbocycles. The van der Waals surface area contributed by atoms with E-state index in [1.54, 1.807) is 7.11 Å². The average molecular weight is 331 g/mol. The molecule has 0 fully saturated rings. The van der Waals surface area contributed by atoms with E-state index in [-0.39, 0.29) is 6.23 Å². The van der Waals surface area contributed by atoms with Crippen LogP contribution in [0, 0.1) is 0 Å². The van der Waals surface area contributed by atoms with Gasteiger partial charge in [-0.3, -0.25) is 4.18 Å². The van der Waals surface area contributed by atoms with Crippen molar-refractivity contribution in [2.75, 3.05) is 28.1 Å². The maximum atomic E-state index is 9.22. The van der Waals surface area contributed by atoms with E-state index in [9.17, 15) is 13.0 Å². The quantitative estimate of drug-likeness (QED) is 0.430. The van der Waals surface area contributed by atoms with Gasteiger partial charge in [0.2, 0.25) is 17.2 Å². The zero-order valence-corrected chi connectivity index (χ0v) is 13.3.